The summed E-state index contributed by atoms with van der Waals surface area (Å²) in [6.45, 7) is 9.29. The number of nitrogens with zero attached hydrogens (tertiary/aromatic N) is 1. The van der Waals surface area contributed by atoms with Crippen LogP contribution in [-0.4, -0.2) is 64.7 Å². The smallest absolute Gasteiger partial charge is 0.104 e. The number of unbranched alkanes of at least 4 members (excludes halogenated alkanes) is 22. The van der Waals surface area contributed by atoms with Gasteiger partial charge in [-0.3, -0.25) is 0 Å². The summed E-state index contributed by atoms with van der Waals surface area (Å²) in [5, 5.41) is 0. The van der Waals surface area contributed by atoms with Crippen LogP contribution in [-0.2, 0) is 14.2 Å². The molecule has 0 saturated heterocycles. The molecule has 0 aliphatic rings. The molecule has 0 aromatic carbocycles. The van der Waals surface area contributed by atoms with Crippen LogP contribution in [0.25, 0.3) is 0 Å². The highest BCUT2D eigenvalue weighted by atomic mass is 16.6. The molecule has 0 aromatic heterocycles. The van der Waals surface area contributed by atoms with Crippen LogP contribution < -0.4 is 0 Å². The Bertz CT molecular complexity index is 432. The Morgan fingerprint density at radius 2 is 0.744 bits per heavy atom. The molecule has 0 spiro atoms. The van der Waals surface area contributed by atoms with Crippen LogP contribution in [0.15, 0.2) is 0 Å². The third-order valence-corrected chi connectivity index (χ3v) is 7.78. The largest absolute Gasteiger partial charge is 0.379 e. The lowest BCUT2D eigenvalue weighted by Crippen LogP contribution is -2.28. The van der Waals surface area contributed by atoms with Crippen molar-refractivity contribution in [1.82, 2.24) is 4.90 Å². The van der Waals surface area contributed by atoms with Crippen molar-refractivity contribution in [2.75, 3.05) is 53.7 Å². The molecule has 0 heterocycles. The minimum absolute atomic E-state index is 0.0668. The quantitative estimate of drug-likeness (QED) is 0.0739. The monoisotopic (exact) mass is 556 g/mol. The first kappa shape index (κ1) is 38.8. The van der Waals surface area contributed by atoms with Crippen molar-refractivity contribution in [3.05, 3.63) is 0 Å². The van der Waals surface area contributed by atoms with E-state index in [1.807, 2.05) is 0 Å². The SMILES string of the molecule is CCCCCCCCCCCCCCOC[C@H](COCCN(C)C)OCCCCCCCCCCCCCC. The predicted octanol–water partition coefficient (Wildman–Crippen LogP) is 10.4. The Kier molecular flexibility index (Phi) is 33.9. The first-order valence-electron chi connectivity index (χ1n) is 17.6. The number of likely N-dealkylation sites (N-methyl/N-ethyl adjacent to an activating group) is 1. The Morgan fingerprint density at radius 3 is 1.13 bits per heavy atom. The molecule has 0 bridgehead atoms. The lowest BCUT2D eigenvalue weighted by molar-refractivity contribution is -0.0623. The average Bonchev–Trinajstić information content (AvgIpc) is 2.93. The summed E-state index contributed by atoms with van der Waals surface area (Å²) in [5.41, 5.74) is 0. The number of ether oxygens (including phenoxy) is 3. The standard InChI is InChI=1S/C35H73NO3/c1-5-7-9-11-13-15-17-19-21-23-25-27-30-37-33-35(34-38-32-29-36(3)4)39-31-28-26-24-22-20-18-16-14-12-10-8-6-2/h35H,5-34H2,1-4H3/t35-/m1/s1. The highest BCUT2D eigenvalue weighted by molar-refractivity contribution is 4.58. The van der Waals surface area contributed by atoms with Gasteiger partial charge in [0.25, 0.3) is 0 Å². The van der Waals surface area contributed by atoms with Gasteiger partial charge in [0.1, 0.15) is 6.10 Å². The van der Waals surface area contributed by atoms with Crippen molar-refractivity contribution in [2.24, 2.45) is 0 Å². The molecule has 0 saturated carbocycles. The maximum absolute atomic E-state index is 6.19. The van der Waals surface area contributed by atoms with Crippen molar-refractivity contribution in [3.63, 3.8) is 0 Å². The second-order valence-corrected chi connectivity index (χ2v) is 12.2. The van der Waals surface area contributed by atoms with E-state index in [2.05, 4.69) is 32.8 Å². The van der Waals surface area contributed by atoms with Crippen LogP contribution in [0.1, 0.15) is 168 Å². The third-order valence-electron chi connectivity index (χ3n) is 7.78. The van der Waals surface area contributed by atoms with Gasteiger partial charge in [0.05, 0.1) is 19.8 Å². The van der Waals surface area contributed by atoms with Crippen molar-refractivity contribution in [2.45, 2.75) is 174 Å². The molecule has 39 heavy (non-hydrogen) atoms. The Labute approximate surface area is 246 Å². The van der Waals surface area contributed by atoms with Gasteiger partial charge in [-0.1, -0.05) is 155 Å². The third kappa shape index (κ3) is 33.9. The molecule has 0 N–H and O–H groups in total. The molecule has 1 atom stereocenters. The molecule has 0 aromatic rings. The van der Waals surface area contributed by atoms with E-state index in [1.165, 1.54) is 148 Å². The summed E-state index contributed by atoms with van der Waals surface area (Å²) in [6.07, 6.45) is 33.1. The average molecular weight is 556 g/mol. The fourth-order valence-electron chi connectivity index (χ4n) is 5.06. The van der Waals surface area contributed by atoms with Gasteiger partial charge in [-0.05, 0) is 26.9 Å². The van der Waals surface area contributed by atoms with Crippen molar-refractivity contribution in [3.8, 4) is 0 Å². The molecule has 4 nitrogen and oxygen atoms in total. The zero-order chi connectivity index (χ0) is 28.5. The fraction of sp³-hybridized carbons (Fsp3) is 1.00. The lowest BCUT2D eigenvalue weighted by Gasteiger charge is -2.19. The second kappa shape index (κ2) is 34.0. The lowest BCUT2D eigenvalue weighted by atomic mass is 10.1. The molecule has 0 rings (SSSR count). The van der Waals surface area contributed by atoms with Gasteiger partial charge in [0.2, 0.25) is 0 Å². The maximum Gasteiger partial charge on any atom is 0.104 e. The van der Waals surface area contributed by atoms with E-state index in [0.29, 0.717) is 13.2 Å². The molecule has 0 fully saturated rings. The first-order chi connectivity index (χ1) is 19.2. The van der Waals surface area contributed by atoms with Crippen LogP contribution in [0.2, 0.25) is 0 Å². The molecule has 0 aliphatic carbocycles. The minimum atomic E-state index is 0.0668. The summed E-state index contributed by atoms with van der Waals surface area (Å²) in [6, 6.07) is 0. The van der Waals surface area contributed by atoms with Crippen LogP contribution in [0.4, 0.5) is 0 Å². The predicted molar refractivity (Wildman–Crippen MR) is 172 cm³/mol. The topological polar surface area (TPSA) is 30.9 Å². The van der Waals surface area contributed by atoms with Crippen molar-refractivity contribution >= 4 is 0 Å². The van der Waals surface area contributed by atoms with Gasteiger partial charge in [-0.2, -0.15) is 0 Å². The number of hydrogen-bond donors (Lipinski definition) is 0. The second-order valence-electron chi connectivity index (χ2n) is 12.2. The first-order valence-corrected chi connectivity index (χ1v) is 17.6. The summed E-state index contributed by atoms with van der Waals surface area (Å²) >= 11 is 0. The Hall–Kier alpha value is -0.160. The van der Waals surface area contributed by atoms with Gasteiger partial charge in [-0.15, -0.1) is 0 Å². The summed E-state index contributed by atoms with van der Waals surface area (Å²) < 4.78 is 18.1. The molecule has 0 unspecified atom stereocenters. The Balaban J connectivity index is 3.71. The molecule has 0 radical (unpaired) electrons. The van der Waals surface area contributed by atoms with Crippen molar-refractivity contribution < 1.29 is 14.2 Å². The fourth-order valence-corrected chi connectivity index (χ4v) is 5.06. The van der Waals surface area contributed by atoms with Gasteiger partial charge in [0.15, 0.2) is 0 Å². The van der Waals surface area contributed by atoms with Crippen molar-refractivity contribution in [1.29, 1.82) is 0 Å². The van der Waals surface area contributed by atoms with E-state index < -0.39 is 0 Å². The van der Waals surface area contributed by atoms with Gasteiger partial charge < -0.3 is 19.1 Å². The molecule has 0 amide bonds. The van der Waals surface area contributed by atoms with E-state index in [-0.39, 0.29) is 6.10 Å². The van der Waals surface area contributed by atoms with Crippen LogP contribution in [0, 0.1) is 0 Å². The summed E-state index contributed by atoms with van der Waals surface area (Å²) in [5.74, 6) is 0. The number of rotatable bonds is 34. The normalized spacial score (nSPS) is 12.5. The van der Waals surface area contributed by atoms with E-state index in [9.17, 15) is 0 Å². The minimum Gasteiger partial charge on any atom is -0.379 e. The van der Waals surface area contributed by atoms with Crippen LogP contribution in [0.3, 0.4) is 0 Å². The summed E-state index contributed by atoms with van der Waals surface area (Å²) in [4.78, 5) is 2.16. The number of hydrogen-bond acceptors (Lipinski definition) is 4. The maximum atomic E-state index is 6.19. The van der Waals surface area contributed by atoms with Crippen LogP contribution in [0.5, 0.6) is 0 Å². The highest BCUT2D eigenvalue weighted by Gasteiger charge is 2.10. The zero-order valence-electron chi connectivity index (χ0n) is 27.5. The van der Waals surface area contributed by atoms with Crippen LogP contribution >= 0.6 is 0 Å². The Morgan fingerprint density at radius 1 is 0.410 bits per heavy atom. The molecule has 0 aliphatic heterocycles. The highest BCUT2D eigenvalue weighted by Crippen LogP contribution is 2.13. The molecule has 4 heteroatoms. The van der Waals surface area contributed by atoms with Gasteiger partial charge in [0, 0.05) is 19.8 Å². The van der Waals surface area contributed by atoms with E-state index in [4.69, 9.17) is 14.2 Å². The van der Waals surface area contributed by atoms with E-state index in [0.717, 1.165) is 32.8 Å². The molecular formula is C35H73NO3. The van der Waals surface area contributed by atoms with Gasteiger partial charge >= 0.3 is 0 Å². The summed E-state index contributed by atoms with van der Waals surface area (Å²) in [7, 11) is 4.17. The van der Waals surface area contributed by atoms with Gasteiger partial charge in [-0.25, -0.2) is 0 Å². The van der Waals surface area contributed by atoms with E-state index >= 15 is 0 Å². The molecule has 236 valence electrons. The zero-order valence-corrected chi connectivity index (χ0v) is 27.5. The van der Waals surface area contributed by atoms with E-state index in [1.54, 1.807) is 0 Å². The molecular weight excluding hydrogens is 482 g/mol.